The van der Waals surface area contributed by atoms with Gasteiger partial charge in [0.25, 0.3) is 5.91 Å². The Morgan fingerprint density at radius 1 is 1.14 bits per heavy atom. The lowest BCUT2D eigenvalue weighted by Crippen LogP contribution is -2.19. The number of amides is 1. The van der Waals surface area contributed by atoms with Crippen LogP contribution in [0, 0.1) is 0 Å². The summed E-state index contributed by atoms with van der Waals surface area (Å²) in [5.41, 5.74) is 4.66. The van der Waals surface area contributed by atoms with Crippen LogP contribution < -0.4 is 14.9 Å². The van der Waals surface area contributed by atoms with Gasteiger partial charge in [0.1, 0.15) is 0 Å². The molecule has 0 bridgehead atoms. The molecule has 0 fully saturated rings. The Labute approximate surface area is 136 Å². The van der Waals surface area contributed by atoms with Crippen molar-refractivity contribution in [2.45, 2.75) is 6.92 Å². The SMILES string of the molecule is C/C(=N\NC(=O)c1ccc2c(c1)OCO2)c1cccc(Br)c1. The molecule has 22 heavy (non-hydrogen) atoms. The maximum absolute atomic E-state index is 12.1. The first-order valence-corrected chi connectivity index (χ1v) is 7.43. The molecule has 6 heteroatoms. The highest BCUT2D eigenvalue weighted by molar-refractivity contribution is 9.10. The van der Waals surface area contributed by atoms with Crippen molar-refractivity contribution in [3.63, 3.8) is 0 Å². The maximum atomic E-state index is 12.1. The highest BCUT2D eigenvalue weighted by Gasteiger charge is 2.16. The van der Waals surface area contributed by atoms with Gasteiger partial charge in [0.2, 0.25) is 6.79 Å². The van der Waals surface area contributed by atoms with Crippen molar-refractivity contribution in [2.75, 3.05) is 6.79 Å². The summed E-state index contributed by atoms with van der Waals surface area (Å²) in [6.07, 6.45) is 0. The van der Waals surface area contributed by atoms with Gasteiger partial charge in [-0.3, -0.25) is 4.79 Å². The zero-order valence-electron chi connectivity index (χ0n) is 11.8. The van der Waals surface area contributed by atoms with Crippen molar-refractivity contribution in [2.24, 2.45) is 5.10 Å². The van der Waals surface area contributed by atoms with Crippen molar-refractivity contribution in [3.05, 3.63) is 58.1 Å². The van der Waals surface area contributed by atoms with Gasteiger partial charge in [-0.2, -0.15) is 5.10 Å². The molecular weight excluding hydrogens is 348 g/mol. The number of carbonyl (C=O) groups excluding carboxylic acids is 1. The first kappa shape index (κ1) is 14.6. The molecular formula is C16H13BrN2O3. The molecule has 0 saturated heterocycles. The minimum atomic E-state index is -0.298. The Balaban J connectivity index is 1.73. The van der Waals surface area contributed by atoms with Gasteiger partial charge >= 0.3 is 0 Å². The topological polar surface area (TPSA) is 59.9 Å². The normalized spacial score (nSPS) is 13.1. The van der Waals surface area contributed by atoms with E-state index in [1.165, 1.54) is 0 Å². The minimum absolute atomic E-state index is 0.181. The fourth-order valence-electron chi connectivity index (χ4n) is 2.02. The highest BCUT2D eigenvalue weighted by Crippen LogP contribution is 2.32. The van der Waals surface area contributed by atoms with Crippen LogP contribution in [0.4, 0.5) is 0 Å². The number of nitrogens with one attached hydrogen (secondary N) is 1. The van der Waals surface area contributed by atoms with Crippen LogP contribution in [0.15, 0.2) is 52.0 Å². The van der Waals surface area contributed by atoms with Crippen LogP contribution in [0.25, 0.3) is 0 Å². The molecule has 0 aliphatic carbocycles. The van der Waals surface area contributed by atoms with Gasteiger partial charge in [-0.05, 0) is 42.8 Å². The van der Waals surface area contributed by atoms with Gasteiger partial charge in [-0.1, -0.05) is 28.1 Å². The zero-order chi connectivity index (χ0) is 15.5. The molecule has 1 amide bonds. The Bertz CT molecular complexity index is 759. The first-order valence-electron chi connectivity index (χ1n) is 6.64. The van der Waals surface area contributed by atoms with E-state index in [-0.39, 0.29) is 12.7 Å². The molecule has 1 N–H and O–H groups in total. The van der Waals surface area contributed by atoms with Crippen molar-refractivity contribution < 1.29 is 14.3 Å². The van der Waals surface area contributed by atoms with E-state index in [2.05, 4.69) is 26.5 Å². The van der Waals surface area contributed by atoms with Crippen molar-refractivity contribution in [1.29, 1.82) is 0 Å². The van der Waals surface area contributed by atoms with Crippen LogP contribution in [0.3, 0.4) is 0 Å². The molecule has 1 heterocycles. The fraction of sp³-hybridized carbons (Fsp3) is 0.125. The smallest absolute Gasteiger partial charge is 0.271 e. The number of carbonyl (C=O) groups is 1. The minimum Gasteiger partial charge on any atom is -0.454 e. The Morgan fingerprint density at radius 3 is 2.77 bits per heavy atom. The summed E-state index contributed by atoms with van der Waals surface area (Å²) >= 11 is 3.41. The summed E-state index contributed by atoms with van der Waals surface area (Å²) in [5.74, 6) is 0.915. The molecule has 1 aliphatic heterocycles. The lowest BCUT2D eigenvalue weighted by atomic mass is 10.1. The summed E-state index contributed by atoms with van der Waals surface area (Å²) in [6.45, 7) is 2.02. The largest absolute Gasteiger partial charge is 0.454 e. The van der Waals surface area contributed by atoms with E-state index in [1.54, 1.807) is 18.2 Å². The summed E-state index contributed by atoms with van der Waals surface area (Å²) in [4.78, 5) is 12.1. The lowest BCUT2D eigenvalue weighted by Gasteiger charge is -2.04. The average molecular weight is 361 g/mol. The zero-order valence-corrected chi connectivity index (χ0v) is 13.4. The number of halogens is 1. The summed E-state index contributed by atoms with van der Waals surface area (Å²) in [5, 5.41) is 4.13. The second-order valence-electron chi connectivity index (χ2n) is 4.72. The number of hydrazone groups is 1. The van der Waals surface area contributed by atoms with Gasteiger partial charge in [-0.15, -0.1) is 0 Å². The summed E-state index contributed by atoms with van der Waals surface area (Å²) < 4.78 is 11.4. The van der Waals surface area contributed by atoms with Crippen molar-refractivity contribution in [3.8, 4) is 11.5 Å². The fourth-order valence-corrected chi connectivity index (χ4v) is 2.41. The monoisotopic (exact) mass is 360 g/mol. The average Bonchev–Trinajstić information content (AvgIpc) is 2.99. The number of ether oxygens (including phenoxy) is 2. The van der Waals surface area contributed by atoms with Gasteiger partial charge in [0.05, 0.1) is 5.71 Å². The predicted molar refractivity (Wildman–Crippen MR) is 86.4 cm³/mol. The van der Waals surface area contributed by atoms with Crippen LogP contribution in [0.1, 0.15) is 22.8 Å². The van der Waals surface area contributed by atoms with Gasteiger partial charge in [-0.25, -0.2) is 5.43 Å². The van der Waals surface area contributed by atoms with E-state index >= 15 is 0 Å². The van der Waals surface area contributed by atoms with E-state index in [0.717, 1.165) is 15.7 Å². The van der Waals surface area contributed by atoms with Gasteiger partial charge in [0.15, 0.2) is 11.5 Å². The molecule has 0 unspecified atom stereocenters. The van der Waals surface area contributed by atoms with Gasteiger partial charge in [0, 0.05) is 10.0 Å². The van der Waals surface area contributed by atoms with Crippen LogP contribution in [0.2, 0.25) is 0 Å². The Hall–Kier alpha value is -2.34. The molecule has 1 aliphatic rings. The van der Waals surface area contributed by atoms with E-state index in [4.69, 9.17) is 9.47 Å². The third kappa shape index (κ3) is 3.12. The molecule has 3 rings (SSSR count). The van der Waals surface area contributed by atoms with Crippen molar-refractivity contribution >= 4 is 27.5 Å². The molecule has 112 valence electrons. The molecule has 0 radical (unpaired) electrons. The van der Waals surface area contributed by atoms with Crippen LogP contribution >= 0.6 is 15.9 Å². The lowest BCUT2D eigenvalue weighted by molar-refractivity contribution is 0.0954. The number of rotatable bonds is 3. The number of nitrogens with zero attached hydrogens (tertiary/aromatic N) is 1. The number of hydrogen-bond donors (Lipinski definition) is 1. The molecule has 2 aromatic carbocycles. The van der Waals surface area contributed by atoms with E-state index < -0.39 is 0 Å². The second kappa shape index (κ2) is 6.19. The Morgan fingerprint density at radius 2 is 1.95 bits per heavy atom. The standard InChI is InChI=1S/C16H13BrN2O3/c1-10(11-3-2-4-13(17)7-11)18-19-16(20)12-5-6-14-15(8-12)22-9-21-14/h2-8H,9H2,1H3,(H,19,20)/b18-10+. The highest BCUT2D eigenvalue weighted by atomic mass is 79.9. The maximum Gasteiger partial charge on any atom is 0.271 e. The third-order valence-corrected chi connectivity index (χ3v) is 3.70. The molecule has 0 saturated carbocycles. The quantitative estimate of drug-likeness (QED) is 0.674. The number of hydrogen-bond acceptors (Lipinski definition) is 4. The summed E-state index contributed by atoms with van der Waals surface area (Å²) in [7, 11) is 0. The van der Waals surface area contributed by atoms with Crippen LogP contribution in [-0.2, 0) is 0 Å². The van der Waals surface area contributed by atoms with Gasteiger partial charge < -0.3 is 9.47 Å². The van der Waals surface area contributed by atoms with E-state index in [9.17, 15) is 4.79 Å². The second-order valence-corrected chi connectivity index (χ2v) is 5.63. The summed E-state index contributed by atoms with van der Waals surface area (Å²) in [6, 6.07) is 12.7. The molecule has 0 aromatic heterocycles. The molecule has 0 atom stereocenters. The predicted octanol–water partition coefficient (Wildman–Crippen LogP) is 3.33. The van der Waals surface area contributed by atoms with E-state index in [0.29, 0.717) is 17.1 Å². The molecule has 5 nitrogen and oxygen atoms in total. The molecule has 2 aromatic rings. The first-order chi connectivity index (χ1) is 10.6. The number of benzene rings is 2. The third-order valence-electron chi connectivity index (χ3n) is 3.20. The van der Waals surface area contributed by atoms with E-state index in [1.807, 2.05) is 31.2 Å². The Kier molecular flexibility index (Phi) is 4.11. The van der Waals surface area contributed by atoms with Crippen molar-refractivity contribution in [1.82, 2.24) is 5.43 Å². The number of fused-ring (bicyclic) bond motifs is 1. The van der Waals surface area contributed by atoms with Crippen LogP contribution in [0.5, 0.6) is 11.5 Å². The molecule has 0 spiro atoms. The van der Waals surface area contributed by atoms with Crippen LogP contribution in [-0.4, -0.2) is 18.4 Å².